The van der Waals surface area contributed by atoms with E-state index in [1.54, 1.807) is 6.92 Å². The third-order valence-corrected chi connectivity index (χ3v) is 3.11. The van der Waals surface area contributed by atoms with Crippen molar-refractivity contribution < 1.29 is 18.7 Å². The smallest absolute Gasteiger partial charge is 0.410 e. The molecule has 2 rings (SSSR count). The first-order chi connectivity index (χ1) is 7.57. The normalized spacial score (nSPS) is 32.8. The highest BCUT2D eigenvalue weighted by atomic mass is 19.1. The maximum absolute atomic E-state index is 14.3. The zero-order valence-electron chi connectivity index (χ0n) is 9.11. The quantitative estimate of drug-likeness (QED) is 0.681. The van der Waals surface area contributed by atoms with E-state index in [4.69, 9.17) is 4.74 Å². The molecule has 2 atom stereocenters. The lowest BCUT2D eigenvalue weighted by atomic mass is 9.87. The highest BCUT2D eigenvalue weighted by Crippen LogP contribution is 2.38. The number of amides is 1. The molecule has 1 fully saturated rings. The summed E-state index contributed by atoms with van der Waals surface area (Å²) in [6.45, 7) is 2.26. The SMILES string of the molecule is CCOC(=O)N1CCC2(F)C=CC(=O)CC12. The zero-order chi connectivity index (χ0) is 11.8. The molecule has 88 valence electrons. The van der Waals surface area contributed by atoms with Gasteiger partial charge in [-0.15, -0.1) is 0 Å². The summed E-state index contributed by atoms with van der Waals surface area (Å²) in [6, 6.07) is -0.691. The monoisotopic (exact) mass is 227 g/mol. The second-order valence-corrected chi connectivity index (χ2v) is 4.09. The van der Waals surface area contributed by atoms with Crippen LogP contribution in [0.25, 0.3) is 0 Å². The largest absolute Gasteiger partial charge is 0.450 e. The van der Waals surface area contributed by atoms with Gasteiger partial charge in [-0.05, 0) is 19.1 Å². The van der Waals surface area contributed by atoms with Crippen LogP contribution in [0.3, 0.4) is 0 Å². The van der Waals surface area contributed by atoms with E-state index >= 15 is 0 Å². The van der Waals surface area contributed by atoms with Gasteiger partial charge < -0.3 is 9.64 Å². The Morgan fingerprint density at radius 3 is 3.19 bits per heavy atom. The van der Waals surface area contributed by atoms with Gasteiger partial charge in [-0.25, -0.2) is 9.18 Å². The van der Waals surface area contributed by atoms with E-state index in [2.05, 4.69) is 0 Å². The van der Waals surface area contributed by atoms with Crippen molar-refractivity contribution in [1.29, 1.82) is 0 Å². The summed E-state index contributed by atoms with van der Waals surface area (Å²) in [6.07, 6.45) is 2.30. The highest BCUT2D eigenvalue weighted by Gasteiger charge is 2.51. The van der Waals surface area contributed by atoms with Gasteiger partial charge in [0.15, 0.2) is 11.5 Å². The molecule has 1 saturated heterocycles. The Labute approximate surface area is 93.0 Å². The van der Waals surface area contributed by atoms with E-state index in [9.17, 15) is 14.0 Å². The fourth-order valence-electron chi connectivity index (χ4n) is 2.26. The number of ether oxygens (including phenoxy) is 1. The molecule has 2 aliphatic rings. The maximum atomic E-state index is 14.3. The lowest BCUT2D eigenvalue weighted by molar-refractivity contribution is -0.116. The van der Waals surface area contributed by atoms with Gasteiger partial charge in [0, 0.05) is 19.4 Å². The second-order valence-electron chi connectivity index (χ2n) is 4.09. The number of ketones is 1. The summed E-state index contributed by atoms with van der Waals surface area (Å²) in [5.74, 6) is -0.144. The topological polar surface area (TPSA) is 46.6 Å². The fourth-order valence-corrected chi connectivity index (χ4v) is 2.26. The predicted octanol–water partition coefficient (Wildman–Crippen LogP) is 1.45. The molecule has 4 nitrogen and oxygen atoms in total. The number of fused-ring (bicyclic) bond motifs is 1. The minimum Gasteiger partial charge on any atom is -0.450 e. The molecule has 0 bridgehead atoms. The van der Waals surface area contributed by atoms with Gasteiger partial charge in [0.25, 0.3) is 0 Å². The Kier molecular flexibility index (Phi) is 2.69. The van der Waals surface area contributed by atoms with Gasteiger partial charge in [-0.3, -0.25) is 4.79 Å². The standard InChI is InChI=1S/C11H14FNO3/c1-2-16-10(15)13-6-5-11(12)4-3-8(14)7-9(11)13/h3-4,9H,2,5-7H2,1H3. The summed E-state index contributed by atoms with van der Waals surface area (Å²) in [7, 11) is 0. The van der Waals surface area contributed by atoms with Gasteiger partial charge in [-0.2, -0.15) is 0 Å². The van der Waals surface area contributed by atoms with Crippen LogP contribution in [-0.2, 0) is 9.53 Å². The van der Waals surface area contributed by atoms with Crippen molar-refractivity contribution in [2.45, 2.75) is 31.5 Å². The van der Waals surface area contributed by atoms with Crippen LogP contribution in [0, 0.1) is 0 Å². The Hall–Kier alpha value is -1.39. The highest BCUT2D eigenvalue weighted by molar-refractivity contribution is 5.92. The Morgan fingerprint density at radius 1 is 1.75 bits per heavy atom. The molecule has 2 unspecified atom stereocenters. The molecule has 0 aromatic heterocycles. The summed E-state index contributed by atoms with van der Waals surface area (Å²) < 4.78 is 19.1. The number of carbonyl (C=O) groups excluding carboxylic acids is 2. The van der Waals surface area contributed by atoms with Gasteiger partial charge in [-0.1, -0.05) is 0 Å². The molecular weight excluding hydrogens is 213 g/mol. The second kappa shape index (κ2) is 3.88. The van der Waals surface area contributed by atoms with Crippen LogP contribution < -0.4 is 0 Å². The van der Waals surface area contributed by atoms with E-state index in [1.807, 2.05) is 0 Å². The molecule has 0 N–H and O–H groups in total. The van der Waals surface area contributed by atoms with E-state index in [0.717, 1.165) is 0 Å². The Morgan fingerprint density at radius 2 is 2.50 bits per heavy atom. The van der Waals surface area contributed by atoms with Crippen LogP contribution in [0.2, 0.25) is 0 Å². The van der Waals surface area contributed by atoms with Crippen LogP contribution in [0.1, 0.15) is 19.8 Å². The van der Waals surface area contributed by atoms with E-state index < -0.39 is 17.8 Å². The van der Waals surface area contributed by atoms with Crippen molar-refractivity contribution in [3.8, 4) is 0 Å². The third kappa shape index (κ3) is 1.70. The van der Waals surface area contributed by atoms with Crippen LogP contribution >= 0.6 is 0 Å². The zero-order valence-corrected chi connectivity index (χ0v) is 9.11. The van der Waals surface area contributed by atoms with Crippen molar-refractivity contribution in [1.82, 2.24) is 4.90 Å². The lowest BCUT2D eigenvalue weighted by Gasteiger charge is -2.31. The van der Waals surface area contributed by atoms with E-state index in [-0.39, 0.29) is 25.2 Å². The van der Waals surface area contributed by atoms with Gasteiger partial charge in [0.2, 0.25) is 0 Å². The molecule has 0 aromatic rings. The van der Waals surface area contributed by atoms with Crippen molar-refractivity contribution in [3.05, 3.63) is 12.2 Å². The molecule has 1 heterocycles. The van der Waals surface area contributed by atoms with E-state index in [0.29, 0.717) is 6.54 Å². The summed E-state index contributed by atoms with van der Waals surface area (Å²) in [5.41, 5.74) is -1.55. The number of alkyl halides is 1. The number of likely N-dealkylation sites (tertiary alicyclic amines) is 1. The van der Waals surface area contributed by atoms with Crippen LogP contribution in [0.15, 0.2) is 12.2 Å². The summed E-state index contributed by atoms with van der Waals surface area (Å²) in [5, 5.41) is 0. The minimum atomic E-state index is -1.55. The molecule has 1 aliphatic heterocycles. The van der Waals surface area contributed by atoms with Crippen molar-refractivity contribution >= 4 is 11.9 Å². The average Bonchev–Trinajstić information content (AvgIpc) is 2.56. The van der Waals surface area contributed by atoms with Crippen molar-refractivity contribution in [2.24, 2.45) is 0 Å². The number of allylic oxidation sites excluding steroid dienone is 1. The third-order valence-electron chi connectivity index (χ3n) is 3.11. The van der Waals surface area contributed by atoms with Crippen molar-refractivity contribution in [2.75, 3.05) is 13.2 Å². The summed E-state index contributed by atoms with van der Waals surface area (Å²) in [4.78, 5) is 24.1. The van der Waals surface area contributed by atoms with Crippen LogP contribution in [-0.4, -0.2) is 41.6 Å². The molecule has 0 radical (unpaired) electrons. The minimum absolute atomic E-state index is 0.0474. The van der Waals surface area contributed by atoms with E-state index in [1.165, 1.54) is 17.1 Å². The number of rotatable bonds is 1. The van der Waals surface area contributed by atoms with Gasteiger partial charge in [0.1, 0.15) is 0 Å². The van der Waals surface area contributed by atoms with Gasteiger partial charge in [0.05, 0.1) is 12.6 Å². The first-order valence-electron chi connectivity index (χ1n) is 5.41. The fraction of sp³-hybridized carbons (Fsp3) is 0.636. The van der Waals surface area contributed by atoms with Crippen molar-refractivity contribution in [3.63, 3.8) is 0 Å². The molecule has 1 aliphatic carbocycles. The Bertz CT molecular complexity index is 355. The summed E-state index contributed by atoms with van der Waals surface area (Å²) >= 11 is 0. The first-order valence-corrected chi connectivity index (χ1v) is 5.41. The molecule has 0 saturated carbocycles. The number of halogens is 1. The molecule has 0 aromatic carbocycles. The predicted molar refractivity (Wildman–Crippen MR) is 54.7 cm³/mol. The first kappa shape index (κ1) is 11.1. The van der Waals surface area contributed by atoms with Crippen LogP contribution in [0.5, 0.6) is 0 Å². The molecule has 16 heavy (non-hydrogen) atoms. The number of carbonyl (C=O) groups is 2. The molecule has 1 amide bonds. The number of hydrogen-bond acceptors (Lipinski definition) is 3. The molecule has 0 spiro atoms. The molecule has 5 heteroatoms. The number of nitrogens with zero attached hydrogens (tertiary/aromatic N) is 1. The van der Waals surface area contributed by atoms with Gasteiger partial charge >= 0.3 is 6.09 Å². The lowest BCUT2D eigenvalue weighted by Crippen LogP contribution is -2.46. The van der Waals surface area contributed by atoms with Crippen LogP contribution in [0.4, 0.5) is 9.18 Å². The number of hydrogen-bond donors (Lipinski definition) is 0. The average molecular weight is 227 g/mol. The Balaban J connectivity index is 2.18. The molecular formula is C11H14FNO3. The maximum Gasteiger partial charge on any atom is 0.410 e.